The summed E-state index contributed by atoms with van der Waals surface area (Å²) in [7, 11) is 0. The topological polar surface area (TPSA) is 52.5 Å². The van der Waals surface area contributed by atoms with E-state index in [4.69, 9.17) is 11.6 Å². The molecule has 2 aromatic carbocycles. The Balaban J connectivity index is 1.98. The first-order valence-electron chi connectivity index (χ1n) is 6.51. The average molecular weight is 292 g/mol. The third kappa shape index (κ3) is 3.73. The largest absolute Gasteiger partial charge is 0.508 e. The van der Waals surface area contributed by atoms with Crippen LogP contribution in [-0.4, -0.2) is 16.3 Å². The van der Waals surface area contributed by atoms with Gasteiger partial charge in [-0.1, -0.05) is 41.9 Å². The van der Waals surface area contributed by atoms with Crippen LogP contribution in [0.1, 0.15) is 24.2 Å². The maximum Gasteiger partial charge on any atom is 0.120 e. The van der Waals surface area contributed by atoms with Gasteiger partial charge in [0.1, 0.15) is 5.75 Å². The minimum Gasteiger partial charge on any atom is -0.508 e. The molecule has 3 nitrogen and oxygen atoms in total. The van der Waals surface area contributed by atoms with Crippen LogP contribution < -0.4 is 5.32 Å². The number of hydrogen-bond acceptors (Lipinski definition) is 3. The van der Waals surface area contributed by atoms with Crippen molar-refractivity contribution in [3.63, 3.8) is 0 Å². The molecule has 106 valence electrons. The Bertz CT molecular complexity index is 560. The zero-order chi connectivity index (χ0) is 14.5. The molecule has 0 amide bonds. The minimum absolute atomic E-state index is 0.143. The van der Waals surface area contributed by atoms with Crippen molar-refractivity contribution in [3.8, 4) is 5.75 Å². The molecule has 0 spiro atoms. The summed E-state index contributed by atoms with van der Waals surface area (Å²) < 4.78 is 0. The first-order chi connectivity index (χ1) is 9.58. The SMILES string of the molecule is C[C@@H](NCc1cc(Cl)ccc1O)[C@@H](O)c1ccccc1. The van der Waals surface area contributed by atoms with E-state index in [2.05, 4.69) is 5.32 Å². The monoisotopic (exact) mass is 291 g/mol. The first kappa shape index (κ1) is 14.9. The predicted octanol–water partition coefficient (Wildman–Crippen LogP) is 3.26. The lowest BCUT2D eigenvalue weighted by Gasteiger charge is -2.21. The van der Waals surface area contributed by atoms with Crippen LogP contribution >= 0.6 is 11.6 Å². The van der Waals surface area contributed by atoms with Crippen LogP contribution in [0.2, 0.25) is 5.02 Å². The van der Waals surface area contributed by atoms with Crippen LogP contribution in [0.3, 0.4) is 0 Å². The Morgan fingerprint density at radius 3 is 2.55 bits per heavy atom. The van der Waals surface area contributed by atoms with E-state index >= 15 is 0 Å². The number of phenolic OH excluding ortho intramolecular Hbond substituents is 1. The molecule has 0 saturated carbocycles. The Kier molecular flexibility index (Phi) is 5.01. The highest BCUT2D eigenvalue weighted by Crippen LogP contribution is 2.22. The number of nitrogens with one attached hydrogen (secondary N) is 1. The molecule has 0 fully saturated rings. The van der Waals surface area contributed by atoms with Crippen molar-refractivity contribution in [2.75, 3.05) is 0 Å². The van der Waals surface area contributed by atoms with Crippen molar-refractivity contribution in [1.82, 2.24) is 5.32 Å². The third-order valence-electron chi connectivity index (χ3n) is 3.27. The van der Waals surface area contributed by atoms with Gasteiger partial charge < -0.3 is 15.5 Å². The summed E-state index contributed by atoms with van der Waals surface area (Å²) in [5.74, 6) is 0.198. The molecular weight excluding hydrogens is 274 g/mol. The summed E-state index contributed by atoms with van der Waals surface area (Å²) in [6, 6.07) is 14.3. The molecule has 20 heavy (non-hydrogen) atoms. The van der Waals surface area contributed by atoms with Gasteiger partial charge in [0.25, 0.3) is 0 Å². The van der Waals surface area contributed by atoms with Crippen LogP contribution in [-0.2, 0) is 6.54 Å². The number of phenols is 1. The Morgan fingerprint density at radius 1 is 1.15 bits per heavy atom. The van der Waals surface area contributed by atoms with E-state index in [9.17, 15) is 10.2 Å². The molecule has 3 N–H and O–H groups in total. The molecule has 0 unspecified atom stereocenters. The highest BCUT2D eigenvalue weighted by atomic mass is 35.5. The number of aliphatic hydroxyl groups excluding tert-OH is 1. The first-order valence-corrected chi connectivity index (χ1v) is 6.89. The molecule has 0 aliphatic carbocycles. The third-order valence-corrected chi connectivity index (χ3v) is 3.51. The maximum atomic E-state index is 10.2. The summed E-state index contributed by atoms with van der Waals surface area (Å²) in [6.07, 6.45) is -0.600. The number of aromatic hydroxyl groups is 1. The highest BCUT2D eigenvalue weighted by molar-refractivity contribution is 6.30. The van der Waals surface area contributed by atoms with Crippen LogP contribution in [0.25, 0.3) is 0 Å². The minimum atomic E-state index is -0.600. The number of aliphatic hydroxyl groups is 1. The molecule has 2 aromatic rings. The molecule has 0 aliphatic heterocycles. The van der Waals surface area contributed by atoms with E-state index < -0.39 is 6.10 Å². The second-order valence-electron chi connectivity index (χ2n) is 4.80. The fourth-order valence-corrected chi connectivity index (χ4v) is 2.21. The quantitative estimate of drug-likeness (QED) is 0.792. The van der Waals surface area contributed by atoms with Crippen LogP contribution in [0.4, 0.5) is 0 Å². The molecule has 4 heteroatoms. The van der Waals surface area contributed by atoms with E-state index in [-0.39, 0.29) is 11.8 Å². The highest BCUT2D eigenvalue weighted by Gasteiger charge is 2.16. The van der Waals surface area contributed by atoms with E-state index in [0.29, 0.717) is 17.1 Å². The molecule has 0 radical (unpaired) electrons. The van der Waals surface area contributed by atoms with E-state index in [1.165, 1.54) is 0 Å². The van der Waals surface area contributed by atoms with Crippen molar-refractivity contribution >= 4 is 11.6 Å². The zero-order valence-electron chi connectivity index (χ0n) is 11.3. The van der Waals surface area contributed by atoms with Gasteiger partial charge >= 0.3 is 0 Å². The maximum absolute atomic E-state index is 10.2. The van der Waals surface area contributed by atoms with Crippen molar-refractivity contribution in [2.45, 2.75) is 25.6 Å². The van der Waals surface area contributed by atoms with Crippen LogP contribution in [0.15, 0.2) is 48.5 Å². The van der Waals surface area contributed by atoms with Crippen LogP contribution in [0, 0.1) is 0 Å². The number of rotatable bonds is 5. The van der Waals surface area contributed by atoms with Gasteiger partial charge in [-0.15, -0.1) is 0 Å². The fraction of sp³-hybridized carbons (Fsp3) is 0.250. The molecular formula is C16H18ClNO2. The van der Waals surface area contributed by atoms with Crippen molar-refractivity contribution in [2.24, 2.45) is 0 Å². The molecule has 0 saturated heterocycles. The molecule has 2 rings (SSSR count). The van der Waals surface area contributed by atoms with Crippen molar-refractivity contribution in [3.05, 3.63) is 64.7 Å². The molecule has 0 aromatic heterocycles. The zero-order valence-corrected chi connectivity index (χ0v) is 12.0. The summed E-state index contributed by atoms with van der Waals surface area (Å²) in [4.78, 5) is 0. The van der Waals surface area contributed by atoms with Gasteiger partial charge in [-0.25, -0.2) is 0 Å². The fourth-order valence-electron chi connectivity index (χ4n) is 2.02. The average Bonchev–Trinajstić information content (AvgIpc) is 2.48. The molecule has 2 atom stereocenters. The van der Waals surface area contributed by atoms with Gasteiger partial charge in [-0.2, -0.15) is 0 Å². The van der Waals surface area contributed by atoms with Crippen molar-refractivity contribution in [1.29, 1.82) is 0 Å². The molecule has 0 aliphatic rings. The summed E-state index contributed by atoms with van der Waals surface area (Å²) in [5.41, 5.74) is 1.58. The van der Waals surface area contributed by atoms with Gasteiger partial charge in [0.2, 0.25) is 0 Å². The van der Waals surface area contributed by atoms with Gasteiger partial charge in [0, 0.05) is 23.2 Å². The van der Waals surface area contributed by atoms with Crippen LogP contribution in [0.5, 0.6) is 5.75 Å². The molecule has 0 heterocycles. The van der Waals surface area contributed by atoms with Gasteiger partial charge in [0.15, 0.2) is 0 Å². The normalized spacial score (nSPS) is 13.9. The second-order valence-corrected chi connectivity index (χ2v) is 5.23. The Labute approximate surface area is 123 Å². The lowest BCUT2D eigenvalue weighted by molar-refractivity contribution is 0.135. The van der Waals surface area contributed by atoms with E-state index in [1.807, 2.05) is 37.3 Å². The summed E-state index contributed by atoms with van der Waals surface area (Å²) >= 11 is 5.90. The number of hydrogen-bond donors (Lipinski definition) is 3. The smallest absolute Gasteiger partial charge is 0.120 e. The van der Waals surface area contributed by atoms with E-state index in [0.717, 1.165) is 5.56 Å². The molecule has 0 bridgehead atoms. The standard InChI is InChI=1S/C16H18ClNO2/c1-11(16(20)12-5-3-2-4-6-12)18-10-13-9-14(17)7-8-15(13)19/h2-9,11,16,18-20H,10H2,1H3/t11-,16-/m1/s1. The van der Waals surface area contributed by atoms with Gasteiger partial charge in [0.05, 0.1) is 6.10 Å². The summed E-state index contributed by atoms with van der Waals surface area (Å²) in [5, 5.41) is 23.8. The Morgan fingerprint density at radius 2 is 1.85 bits per heavy atom. The second kappa shape index (κ2) is 6.75. The van der Waals surface area contributed by atoms with Gasteiger partial charge in [-0.05, 0) is 30.7 Å². The lowest BCUT2D eigenvalue weighted by atomic mass is 10.0. The number of halogens is 1. The van der Waals surface area contributed by atoms with E-state index in [1.54, 1.807) is 18.2 Å². The number of benzene rings is 2. The Hall–Kier alpha value is -1.55. The summed E-state index contributed by atoms with van der Waals surface area (Å²) in [6.45, 7) is 2.34. The van der Waals surface area contributed by atoms with Gasteiger partial charge in [-0.3, -0.25) is 0 Å². The van der Waals surface area contributed by atoms with Crippen molar-refractivity contribution < 1.29 is 10.2 Å². The lowest BCUT2D eigenvalue weighted by Crippen LogP contribution is -2.31. The predicted molar refractivity (Wildman–Crippen MR) is 80.8 cm³/mol.